The Morgan fingerprint density at radius 1 is 0.889 bits per heavy atom. The molecule has 0 aromatic heterocycles. The van der Waals surface area contributed by atoms with Crippen molar-refractivity contribution in [2.75, 3.05) is 0 Å². The fraction of sp³-hybridized carbons (Fsp3) is 0.750. The van der Waals surface area contributed by atoms with Gasteiger partial charge < -0.3 is 30.6 Å². The summed E-state index contributed by atoms with van der Waals surface area (Å²) in [7, 11) is 0. The molecule has 0 aliphatic heterocycles. The average Bonchev–Trinajstić information content (AvgIpc) is 2.17. The molecule has 0 bridgehead atoms. The van der Waals surface area contributed by atoms with E-state index in [1.54, 1.807) is 0 Å². The van der Waals surface area contributed by atoms with Crippen molar-refractivity contribution in [2.24, 2.45) is 11.5 Å². The lowest BCUT2D eigenvalue weighted by Crippen LogP contribution is -2.56. The molecule has 0 saturated carbocycles. The van der Waals surface area contributed by atoms with Gasteiger partial charge in [-0.25, -0.2) is 9.59 Å². The zero-order chi connectivity index (χ0) is 15.3. The van der Waals surface area contributed by atoms with Gasteiger partial charge in [0.05, 0.1) is 0 Å². The first-order chi connectivity index (χ1) is 7.77. The molecule has 0 amide bonds. The van der Waals surface area contributed by atoms with Gasteiger partial charge in [-0.05, 0) is 13.8 Å². The third kappa shape index (κ3) is 5.35. The lowest BCUT2D eigenvalue weighted by molar-refractivity contribution is -0.169. The van der Waals surface area contributed by atoms with Gasteiger partial charge in [-0.3, -0.25) is 11.5 Å². The first-order valence-electron chi connectivity index (χ1n) is 4.63. The maximum Gasteiger partial charge on any atom is 0.353 e. The Kier molecular flexibility index (Phi) is 6.97. The number of carboxylic acids is 2. The molecule has 4 atom stereocenters. The minimum Gasteiger partial charge on any atom is -0.478 e. The molecule has 18 heavy (non-hydrogen) atoms. The highest BCUT2D eigenvalue weighted by atomic mass is 16.4. The van der Waals surface area contributed by atoms with E-state index in [1.165, 1.54) is 0 Å². The van der Waals surface area contributed by atoms with Crippen molar-refractivity contribution in [1.82, 2.24) is 0 Å². The van der Waals surface area contributed by atoms with Crippen LogP contribution in [0.15, 0.2) is 0 Å². The normalized spacial score (nSPS) is 20.4. The summed E-state index contributed by atoms with van der Waals surface area (Å²) in [5.41, 5.74) is 4.36. The van der Waals surface area contributed by atoms with Gasteiger partial charge in [-0.15, -0.1) is 0 Å². The van der Waals surface area contributed by atoms with Crippen molar-refractivity contribution in [1.29, 1.82) is 0 Å². The van der Waals surface area contributed by atoms with Crippen molar-refractivity contribution in [2.45, 2.75) is 37.5 Å². The Bertz CT molecular complexity index is 269. The first kappa shape index (κ1) is 19.0. The third-order valence-electron chi connectivity index (χ3n) is 1.96. The van der Waals surface area contributed by atoms with Gasteiger partial charge >= 0.3 is 11.9 Å². The number of carbonyl (C=O) groups is 2. The van der Waals surface area contributed by atoms with Crippen LogP contribution in [0.25, 0.3) is 0 Å². The third-order valence-corrected chi connectivity index (χ3v) is 1.96. The molecule has 108 valence electrons. The molecule has 0 aromatic rings. The van der Waals surface area contributed by atoms with Crippen molar-refractivity contribution in [3.05, 3.63) is 0 Å². The van der Waals surface area contributed by atoms with E-state index in [-0.39, 0.29) is 0 Å². The number of hydrogen-bond donors (Lipinski definition) is 8. The van der Waals surface area contributed by atoms with Gasteiger partial charge in [-0.2, -0.15) is 0 Å². The predicted octanol–water partition coefficient (Wildman–Crippen LogP) is -3.80. The number of aliphatic carboxylic acids is 2. The molecule has 0 aliphatic rings. The van der Waals surface area contributed by atoms with Crippen LogP contribution in [0.3, 0.4) is 0 Å². The summed E-state index contributed by atoms with van der Waals surface area (Å²) in [5.74, 6) is -3.28. The monoisotopic (exact) mass is 270 g/mol. The highest BCUT2D eigenvalue weighted by molar-refractivity contribution is 5.77. The number of aliphatic hydroxyl groups is 4. The molecule has 3 unspecified atom stereocenters. The number of carboxylic acid groups (broad SMARTS) is 2. The van der Waals surface area contributed by atoms with Crippen LogP contribution in [0.1, 0.15) is 13.8 Å². The van der Waals surface area contributed by atoms with E-state index in [0.717, 1.165) is 13.8 Å². The fourth-order valence-corrected chi connectivity index (χ4v) is 0.357. The van der Waals surface area contributed by atoms with Crippen molar-refractivity contribution in [3.63, 3.8) is 0 Å². The Morgan fingerprint density at radius 2 is 1.06 bits per heavy atom. The molecule has 0 aliphatic carbocycles. The van der Waals surface area contributed by atoms with Crippen LogP contribution in [-0.4, -0.2) is 66.2 Å². The summed E-state index contributed by atoms with van der Waals surface area (Å²) >= 11 is 0. The molecule has 0 saturated heterocycles. The highest BCUT2D eigenvalue weighted by Gasteiger charge is 2.36. The van der Waals surface area contributed by atoms with E-state index in [2.05, 4.69) is 0 Å². The smallest absolute Gasteiger partial charge is 0.353 e. The summed E-state index contributed by atoms with van der Waals surface area (Å²) in [5, 5.41) is 50.3. The van der Waals surface area contributed by atoms with Crippen LogP contribution < -0.4 is 11.5 Å². The zero-order valence-electron chi connectivity index (χ0n) is 9.81. The molecule has 0 aromatic carbocycles. The van der Waals surface area contributed by atoms with E-state index in [9.17, 15) is 9.59 Å². The molecular formula is C8H18N2O8. The molecule has 0 radical (unpaired) electrons. The minimum absolute atomic E-state index is 1.09. The Hall–Kier alpha value is -1.30. The van der Waals surface area contributed by atoms with Gasteiger partial charge in [-0.1, -0.05) is 0 Å². The second-order valence-corrected chi connectivity index (χ2v) is 3.61. The Labute approximate surface area is 102 Å². The van der Waals surface area contributed by atoms with Crippen molar-refractivity contribution < 1.29 is 40.2 Å². The maximum atomic E-state index is 9.93. The molecule has 10 N–H and O–H groups in total. The topological polar surface area (TPSA) is 208 Å². The number of nitrogens with two attached hydrogens (primary N) is 2. The first-order valence-corrected chi connectivity index (χ1v) is 4.63. The van der Waals surface area contributed by atoms with E-state index in [0.29, 0.717) is 0 Å². The van der Waals surface area contributed by atoms with Gasteiger partial charge in [0, 0.05) is 0 Å². The molecule has 10 nitrogen and oxygen atoms in total. The van der Waals surface area contributed by atoms with E-state index in [4.69, 9.17) is 42.1 Å². The second-order valence-electron chi connectivity index (χ2n) is 3.61. The molecule has 10 heteroatoms. The fourth-order valence-electron chi connectivity index (χ4n) is 0.357. The Morgan fingerprint density at radius 3 is 1.06 bits per heavy atom. The van der Waals surface area contributed by atoms with E-state index < -0.39 is 35.6 Å². The zero-order valence-corrected chi connectivity index (χ0v) is 9.81. The van der Waals surface area contributed by atoms with Crippen molar-refractivity contribution in [3.8, 4) is 0 Å². The molecule has 0 fully saturated rings. The number of hydrogen-bond acceptors (Lipinski definition) is 8. The summed E-state index contributed by atoms with van der Waals surface area (Å²) in [4.78, 5) is 19.9. The SMILES string of the molecule is CC(O)C(N)(O)C(=O)O.CC(O)[C@@](N)(O)C(=O)O. The lowest BCUT2D eigenvalue weighted by Gasteiger charge is -2.19. The summed E-state index contributed by atoms with van der Waals surface area (Å²) < 4.78 is 0. The number of aliphatic hydroxyl groups excluding tert-OH is 2. The average molecular weight is 270 g/mol. The highest BCUT2D eigenvalue weighted by Crippen LogP contribution is 2.01. The summed E-state index contributed by atoms with van der Waals surface area (Å²) in [6, 6.07) is 0. The molecular weight excluding hydrogens is 252 g/mol. The lowest BCUT2D eigenvalue weighted by atomic mass is 10.1. The Balaban J connectivity index is 0. The standard InChI is InChI=1S/2C4H9NO4/c2*1-2(6)4(5,9)3(7)8/h2*2,6,9H,5H2,1H3,(H,7,8)/t2?,4-;/m1./s1. The quantitative estimate of drug-likeness (QED) is 0.233. The summed E-state index contributed by atoms with van der Waals surface area (Å²) in [6.07, 6.45) is -2.95. The van der Waals surface area contributed by atoms with Gasteiger partial charge in [0.1, 0.15) is 12.2 Å². The van der Waals surface area contributed by atoms with Gasteiger partial charge in [0.15, 0.2) is 0 Å². The summed E-state index contributed by atoms with van der Waals surface area (Å²) in [6.45, 7) is 2.18. The molecule has 0 spiro atoms. The van der Waals surface area contributed by atoms with Crippen LogP contribution in [0, 0.1) is 0 Å². The largest absolute Gasteiger partial charge is 0.478 e. The van der Waals surface area contributed by atoms with Crippen LogP contribution in [0.2, 0.25) is 0 Å². The number of rotatable bonds is 4. The predicted molar refractivity (Wildman–Crippen MR) is 56.9 cm³/mol. The van der Waals surface area contributed by atoms with Crippen LogP contribution >= 0.6 is 0 Å². The van der Waals surface area contributed by atoms with Gasteiger partial charge in [0.2, 0.25) is 11.4 Å². The van der Waals surface area contributed by atoms with Crippen LogP contribution in [-0.2, 0) is 9.59 Å². The molecule has 0 heterocycles. The van der Waals surface area contributed by atoms with E-state index in [1.807, 2.05) is 0 Å². The minimum atomic E-state index is -2.53. The van der Waals surface area contributed by atoms with E-state index >= 15 is 0 Å². The van der Waals surface area contributed by atoms with Crippen molar-refractivity contribution >= 4 is 11.9 Å². The molecule has 0 rings (SSSR count). The van der Waals surface area contributed by atoms with Crippen LogP contribution in [0.5, 0.6) is 0 Å². The maximum absolute atomic E-state index is 9.93. The van der Waals surface area contributed by atoms with Gasteiger partial charge in [0.25, 0.3) is 0 Å². The second kappa shape index (κ2) is 6.58. The van der Waals surface area contributed by atoms with Crippen LogP contribution in [0.4, 0.5) is 0 Å².